The van der Waals surface area contributed by atoms with Crippen LogP contribution >= 0.6 is 0 Å². The van der Waals surface area contributed by atoms with Gasteiger partial charge in [-0.3, -0.25) is 4.57 Å². The Labute approximate surface area is 326 Å². The lowest BCUT2D eigenvalue weighted by atomic mass is 10.0. The smallest absolute Gasteiger partial charge is 0.238 e. The SMILES string of the molecule is c1ccc(-c2nc(-c3ccccc3)nc(-n3c4ccccc4c4c3ccc3c5ccccc5n(-c5cccc(-c6ccc7c(c6)oc6ccccc67)c5)c34)n2)cc1. The van der Waals surface area contributed by atoms with Gasteiger partial charge in [0, 0.05) is 49.1 Å². The van der Waals surface area contributed by atoms with Crippen molar-refractivity contribution in [2.75, 3.05) is 0 Å². The number of para-hydroxylation sites is 3. The van der Waals surface area contributed by atoms with Gasteiger partial charge in [0.25, 0.3) is 0 Å². The second-order valence-corrected chi connectivity index (χ2v) is 14.4. The molecule has 8 aromatic carbocycles. The Kier molecular flexibility index (Phi) is 6.83. The Bertz CT molecular complexity index is 3470. The van der Waals surface area contributed by atoms with Crippen molar-refractivity contribution in [2.24, 2.45) is 0 Å². The molecule has 0 saturated heterocycles. The highest BCUT2D eigenvalue weighted by Gasteiger charge is 2.23. The molecule has 12 aromatic rings. The van der Waals surface area contributed by atoms with Crippen molar-refractivity contribution in [3.63, 3.8) is 0 Å². The number of hydrogen-bond acceptors (Lipinski definition) is 4. The van der Waals surface area contributed by atoms with Crippen LogP contribution in [0.3, 0.4) is 0 Å². The summed E-state index contributed by atoms with van der Waals surface area (Å²) in [5, 5.41) is 6.88. The summed E-state index contributed by atoms with van der Waals surface area (Å²) in [4.78, 5) is 15.4. The second kappa shape index (κ2) is 12.3. The summed E-state index contributed by atoms with van der Waals surface area (Å²) < 4.78 is 10.9. The van der Waals surface area contributed by atoms with Crippen LogP contribution in [-0.4, -0.2) is 24.1 Å². The molecule has 6 nitrogen and oxygen atoms in total. The molecule has 12 rings (SSSR count). The van der Waals surface area contributed by atoms with Crippen molar-refractivity contribution in [3.8, 4) is 45.5 Å². The molecule has 0 spiro atoms. The third-order valence-corrected chi connectivity index (χ3v) is 11.2. The lowest BCUT2D eigenvalue weighted by Crippen LogP contribution is -2.06. The number of furan rings is 1. The van der Waals surface area contributed by atoms with E-state index in [-0.39, 0.29) is 0 Å². The third kappa shape index (κ3) is 4.87. The average molecular weight is 730 g/mol. The first-order chi connectivity index (χ1) is 28.3. The van der Waals surface area contributed by atoms with Gasteiger partial charge in [0.15, 0.2) is 11.6 Å². The summed E-state index contributed by atoms with van der Waals surface area (Å²) in [6.07, 6.45) is 0. The van der Waals surface area contributed by atoms with Crippen LogP contribution in [-0.2, 0) is 0 Å². The molecule has 266 valence electrons. The Balaban J connectivity index is 1.12. The molecule has 0 aliphatic heterocycles. The largest absolute Gasteiger partial charge is 0.456 e. The van der Waals surface area contributed by atoms with Crippen molar-refractivity contribution in [1.29, 1.82) is 0 Å². The van der Waals surface area contributed by atoms with Gasteiger partial charge in [-0.15, -0.1) is 0 Å². The van der Waals surface area contributed by atoms with Gasteiger partial charge in [0.2, 0.25) is 5.95 Å². The van der Waals surface area contributed by atoms with Crippen LogP contribution in [0.25, 0.3) is 111 Å². The first-order valence-electron chi connectivity index (χ1n) is 19.1. The summed E-state index contributed by atoms with van der Waals surface area (Å²) in [5.41, 5.74) is 11.2. The Morgan fingerprint density at radius 1 is 0.351 bits per heavy atom. The minimum absolute atomic E-state index is 0.568. The van der Waals surface area contributed by atoms with Gasteiger partial charge in [-0.25, -0.2) is 4.98 Å². The molecule has 0 unspecified atom stereocenters. The monoisotopic (exact) mass is 729 g/mol. The number of hydrogen-bond donors (Lipinski definition) is 0. The van der Waals surface area contributed by atoms with Crippen molar-refractivity contribution in [1.82, 2.24) is 24.1 Å². The zero-order valence-electron chi connectivity index (χ0n) is 30.5. The van der Waals surface area contributed by atoms with Gasteiger partial charge in [-0.2, -0.15) is 9.97 Å². The van der Waals surface area contributed by atoms with Crippen molar-refractivity contribution in [2.45, 2.75) is 0 Å². The van der Waals surface area contributed by atoms with Crippen LogP contribution in [0.4, 0.5) is 0 Å². The minimum atomic E-state index is 0.568. The summed E-state index contributed by atoms with van der Waals surface area (Å²) in [5.74, 6) is 1.82. The van der Waals surface area contributed by atoms with E-state index >= 15 is 0 Å². The lowest BCUT2D eigenvalue weighted by Gasteiger charge is -2.12. The van der Waals surface area contributed by atoms with E-state index in [1.165, 1.54) is 10.8 Å². The molecular formula is C51H31N5O. The number of rotatable bonds is 5. The van der Waals surface area contributed by atoms with E-state index in [2.05, 4.69) is 124 Å². The van der Waals surface area contributed by atoms with Gasteiger partial charge in [-0.1, -0.05) is 140 Å². The number of aromatic nitrogens is 5. The Morgan fingerprint density at radius 2 is 0.930 bits per heavy atom. The highest BCUT2D eigenvalue weighted by Crippen LogP contribution is 2.42. The fourth-order valence-electron chi connectivity index (χ4n) is 8.62. The van der Waals surface area contributed by atoms with Crippen LogP contribution in [0.15, 0.2) is 192 Å². The Morgan fingerprint density at radius 3 is 1.68 bits per heavy atom. The summed E-state index contributed by atoms with van der Waals surface area (Å²) >= 11 is 0. The van der Waals surface area contributed by atoms with Gasteiger partial charge in [0.1, 0.15) is 11.2 Å². The zero-order chi connectivity index (χ0) is 37.5. The summed E-state index contributed by atoms with van der Waals surface area (Å²) in [6, 6.07) is 65.6. The maximum atomic E-state index is 6.30. The van der Waals surface area contributed by atoms with E-state index in [1.807, 2.05) is 72.8 Å². The van der Waals surface area contributed by atoms with Gasteiger partial charge < -0.3 is 8.98 Å². The molecule has 57 heavy (non-hydrogen) atoms. The molecule has 0 N–H and O–H groups in total. The fraction of sp³-hybridized carbons (Fsp3) is 0. The topological polar surface area (TPSA) is 61.7 Å². The predicted octanol–water partition coefficient (Wildman–Crippen LogP) is 13.0. The Hall–Kier alpha value is -7.83. The van der Waals surface area contributed by atoms with Crippen LogP contribution in [0.2, 0.25) is 0 Å². The van der Waals surface area contributed by atoms with E-state index < -0.39 is 0 Å². The van der Waals surface area contributed by atoms with Crippen molar-refractivity contribution < 1.29 is 4.42 Å². The first kappa shape index (κ1) is 31.5. The normalized spacial score (nSPS) is 11.9. The van der Waals surface area contributed by atoms with Gasteiger partial charge in [-0.05, 0) is 59.7 Å². The standard InChI is InChI=1S/C51H31N5O/c1-3-14-32(15-4-1)49-52-50(33-16-5-2-6-17-33)54-51(53-49)56-43-24-11-8-22-41(43)47-44(56)29-28-40-37-20-7-10-23-42(37)55(48(40)47)36-19-13-18-34(30-36)35-26-27-39-38-21-9-12-25-45(38)57-46(39)31-35/h1-31H. The molecule has 0 saturated carbocycles. The fourth-order valence-corrected chi connectivity index (χ4v) is 8.62. The van der Waals surface area contributed by atoms with Crippen LogP contribution in [0, 0.1) is 0 Å². The summed E-state index contributed by atoms with van der Waals surface area (Å²) in [7, 11) is 0. The van der Waals surface area contributed by atoms with E-state index in [4.69, 9.17) is 19.4 Å². The quantitative estimate of drug-likeness (QED) is 0.177. The molecule has 0 atom stereocenters. The van der Waals surface area contributed by atoms with Crippen molar-refractivity contribution in [3.05, 3.63) is 188 Å². The molecular weight excluding hydrogens is 699 g/mol. The number of benzene rings is 8. The number of fused-ring (bicyclic) bond motifs is 10. The van der Waals surface area contributed by atoms with Crippen LogP contribution in [0.5, 0.6) is 0 Å². The van der Waals surface area contributed by atoms with Gasteiger partial charge >= 0.3 is 0 Å². The van der Waals surface area contributed by atoms with E-state index in [9.17, 15) is 0 Å². The van der Waals surface area contributed by atoms with Gasteiger partial charge in [0.05, 0.1) is 22.1 Å². The van der Waals surface area contributed by atoms with Crippen LogP contribution < -0.4 is 0 Å². The van der Waals surface area contributed by atoms with E-state index in [1.54, 1.807) is 0 Å². The highest BCUT2D eigenvalue weighted by molar-refractivity contribution is 6.26. The minimum Gasteiger partial charge on any atom is -0.456 e. The molecule has 4 heterocycles. The second-order valence-electron chi connectivity index (χ2n) is 14.4. The summed E-state index contributed by atoms with van der Waals surface area (Å²) in [6.45, 7) is 0. The third-order valence-electron chi connectivity index (χ3n) is 11.2. The molecule has 0 amide bonds. The van der Waals surface area contributed by atoms with Crippen LogP contribution in [0.1, 0.15) is 0 Å². The predicted molar refractivity (Wildman–Crippen MR) is 232 cm³/mol. The molecule has 0 fully saturated rings. The van der Waals surface area contributed by atoms with Crippen molar-refractivity contribution >= 4 is 65.6 Å². The van der Waals surface area contributed by atoms with E-state index in [0.29, 0.717) is 17.6 Å². The molecule has 0 bridgehead atoms. The molecule has 4 aromatic heterocycles. The zero-order valence-corrected chi connectivity index (χ0v) is 30.5. The maximum absolute atomic E-state index is 6.30. The average Bonchev–Trinajstić information content (AvgIpc) is 3.94. The van der Waals surface area contributed by atoms with E-state index in [0.717, 1.165) is 82.7 Å². The molecule has 0 aliphatic carbocycles. The maximum Gasteiger partial charge on any atom is 0.238 e. The molecule has 0 radical (unpaired) electrons. The molecule has 0 aliphatic rings. The lowest BCUT2D eigenvalue weighted by molar-refractivity contribution is 0.669. The molecule has 6 heteroatoms. The highest BCUT2D eigenvalue weighted by atomic mass is 16.3. The first-order valence-corrected chi connectivity index (χ1v) is 19.1. The number of nitrogens with zero attached hydrogens (tertiary/aromatic N) is 5.